The minimum atomic E-state index is 0.218. The largest absolute Gasteiger partial charge is 0.397 e. The van der Waals surface area contributed by atoms with E-state index >= 15 is 0 Å². The quantitative estimate of drug-likeness (QED) is 0.824. The molecule has 0 amide bonds. The third kappa shape index (κ3) is 3.25. The molecule has 2 heterocycles. The summed E-state index contributed by atoms with van der Waals surface area (Å²) in [6.45, 7) is 2.95. The summed E-state index contributed by atoms with van der Waals surface area (Å²) < 4.78 is 10.7. The standard InChI is InChI=1S/C12H18ClN3O2/c1-17-4-5-18-10-2-3-16(8-10)12-11(13)6-9(14)7-15-12/h6-7,10H,2-5,8,14H2,1H3/t10-/m0/s1. The molecule has 0 aliphatic carbocycles. The molecule has 1 aromatic heterocycles. The minimum Gasteiger partial charge on any atom is -0.397 e. The molecule has 100 valence electrons. The topological polar surface area (TPSA) is 60.6 Å². The first-order valence-corrected chi connectivity index (χ1v) is 6.35. The van der Waals surface area contributed by atoms with Gasteiger partial charge in [0.05, 0.1) is 36.2 Å². The van der Waals surface area contributed by atoms with Crippen molar-refractivity contribution in [3.8, 4) is 0 Å². The number of ether oxygens (including phenoxy) is 2. The van der Waals surface area contributed by atoms with Gasteiger partial charge in [0, 0.05) is 20.2 Å². The molecule has 5 nitrogen and oxygen atoms in total. The van der Waals surface area contributed by atoms with Crippen molar-refractivity contribution in [3.63, 3.8) is 0 Å². The fourth-order valence-electron chi connectivity index (χ4n) is 2.03. The van der Waals surface area contributed by atoms with Crippen LogP contribution in [-0.2, 0) is 9.47 Å². The monoisotopic (exact) mass is 271 g/mol. The van der Waals surface area contributed by atoms with Gasteiger partial charge >= 0.3 is 0 Å². The van der Waals surface area contributed by atoms with E-state index in [0.29, 0.717) is 23.9 Å². The zero-order chi connectivity index (χ0) is 13.0. The number of pyridine rings is 1. The van der Waals surface area contributed by atoms with Gasteiger partial charge < -0.3 is 20.1 Å². The van der Waals surface area contributed by atoms with E-state index in [0.717, 1.165) is 25.3 Å². The number of anilines is 2. The Bertz CT molecular complexity index is 403. The molecule has 0 aromatic carbocycles. The molecule has 2 N–H and O–H groups in total. The highest BCUT2D eigenvalue weighted by atomic mass is 35.5. The van der Waals surface area contributed by atoms with Gasteiger partial charge in [-0.2, -0.15) is 0 Å². The van der Waals surface area contributed by atoms with Crippen LogP contribution < -0.4 is 10.6 Å². The number of hydrogen-bond acceptors (Lipinski definition) is 5. The second kappa shape index (κ2) is 6.22. The third-order valence-electron chi connectivity index (χ3n) is 2.93. The molecular weight excluding hydrogens is 254 g/mol. The normalized spacial score (nSPS) is 19.4. The Kier molecular flexibility index (Phi) is 4.63. The van der Waals surface area contributed by atoms with Crippen molar-refractivity contribution >= 4 is 23.1 Å². The van der Waals surface area contributed by atoms with Crippen LogP contribution in [0.2, 0.25) is 5.02 Å². The lowest BCUT2D eigenvalue weighted by molar-refractivity contribution is 0.0280. The fourth-order valence-corrected chi connectivity index (χ4v) is 2.33. The van der Waals surface area contributed by atoms with Gasteiger partial charge in [0.2, 0.25) is 0 Å². The predicted molar refractivity (Wildman–Crippen MR) is 72.1 cm³/mol. The Labute approximate surface area is 112 Å². The summed E-state index contributed by atoms with van der Waals surface area (Å²) in [4.78, 5) is 6.40. The van der Waals surface area contributed by atoms with E-state index in [9.17, 15) is 0 Å². The summed E-state index contributed by atoms with van der Waals surface area (Å²) in [5.41, 5.74) is 6.21. The van der Waals surface area contributed by atoms with Gasteiger partial charge in [-0.05, 0) is 12.5 Å². The molecule has 0 unspecified atom stereocenters. The Morgan fingerprint density at radius 3 is 3.11 bits per heavy atom. The van der Waals surface area contributed by atoms with Crippen LogP contribution in [0.4, 0.5) is 11.5 Å². The molecule has 1 fully saturated rings. The average molecular weight is 272 g/mol. The molecule has 0 radical (unpaired) electrons. The van der Waals surface area contributed by atoms with Crippen LogP contribution in [0.25, 0.3) is 0 Å². The Morgan fingerprint density at radius 1 is 1.56 bits per heavy atom. The molecule has 18 heavy (non-hydrogen) atoms. The van der Waals surface area contributed by atoms with Crippen molar-refractivity contribution in [1.82, 2.24) is 4.98 Å². The summed E-state index contributed by atoms with van der Waals surface area (Å²) in [6.07, 6.45) is 2.82. The number of aromatic nitrogens is 1. The maximum atomic E-state index is 6.14. The Hall–Kier alpha value is -1.04. The summed E-state index contributed by atoms with van der Waals surface area (Å²) in [6, 6.07) is 1.73. The van der Waals surface area contributed by atoms with Crippen molar-refractivity contribution < 1.29 is 9.47 Å². The first-order valence-electron chi connectivity index (χ1n) is 5.97. The van der Waals surface area contributed by atoms with Crippen LogP contribution in [0.15, 0.2) is 12.3 Å². The highest BCUT2D eigenvalue weighted by Crippen LogP contribution is 2.28. The molecule has 2 rings (SSSR count). The number of nitrogen functional groups attached to an aromatic ring is 1. The van der Waals surface area contributed by atoms with Gasteiger partial charge in [-0.15, -0.1) is 0 Å². The summed E-state index contributed by atoms with van der Waals surface area (Å²) in [5, 5.41) is 0.590. The average Bonchev–Trinajstić information content (AvgIpc) is 2.78. The van der Waals surface area contributed by atoms with Gasteiger partial charge in [-0.3, -0.25) is 0 Å². The number of halogens is 1. The lowest BCUT2D eigenvalue weighted by Gasteiger charge is -2.18. The number of rotatable bonds is 5. The number of methoxy groups -OCH3 is 1. The second-order valence-electron chi connectivity index (χ2n) is 4.29. The maximum absolute atomic E-state index is 6.14. The summed E-state index contributed by atoms with van der Waals surface area (Å²) >= 11 is 6.14. The van der Waals surface area contributed by atoms with E-state index in [-0.39, 0.29) is 6.10 Å². The summed E-state index contributed by atoms with van der Waals surface area (Å²) in [5.74, 6) is 0.781. The van der Waals surface area contributed by atoms with Gasteiger partial charge in [0.15, 0.2) is 0 Å². The first-order chi connectivity index (χ1) is 8.70. The van der Waals surface area contributed by atoms with E-state index in [1.165, 1.54) is 0 Å². The minimum absolute atomic E-state index is 0.218. The van der Waals surface area contributed by atoms with Crippen LogP contribution >= 0.6 is 11.6 Å². The van der Waals surface area contributed by atoms with Crippen LogP contribution in [0.1, 0.15) is 6.42 Å². The van der Waals surface area contributed by atoms with E-state index < -0.39 is 0 Å². The van der Waals surface area contributed by atoms with Gasteiger partial charge in [-0.25, -0.2) is 4.98 Å². The highest BCUT2D eigenvalue weighted by molar-refractivity contribution is 6.33. The van der Waals surface area contributed by atoms with Crippen molar-refractivity contribution in [2.45, 2.75) is 12.5 Å². The molecule has 0 spiro atoms. The van der Waals surface area contributed by atoms with E-state index in [2.05, 4.69) is 9.88 Å². The molecular formula is C12H18ClN3O2. The highest BCUT2D eigenvalue weighted by Gasteiger charge is 2.25. The van der Waals surface area contributed by atoms with E-state index in [4.69, 9.17) is 26.8 Å². The van der Waals surface area contributed by atoms with Crippen molar-refractivity contribution in [2.24, 2.45) is 0 Å². The number of nitrogens with two attached hydrogens (primary N) is 1. The molecule has 0 bridgehead atoms. The van der Waals surface area contributed by atoms with Gasteiger partial charge in [-0.1, -0.05) is 11.6 Å². The van der Waals surface area contributed by atoms with E-state index in [1.54, 1.807) is 19.4 Å². The molecule has 1 aromatic rings. The molecule has 6 heteroatoms. The molecule has 1 atom stereocenters. The smallest absolute Gasteiger partial charge is 0.147 e. The van der Waals surface area contributed by atoms with Crippen LogP contribution in [0, 0.1) is 0 Å². The van der Waals surface area contributed by atoms with Crippen molar-refractivity contribution in [1.29, 1.82) is 0 Å². The molecule has 0 saturated carbocycles. The lowest BCUT2D eigenvalue weighted by Crippen LogP contribution is -2.24. The molecule has 1 aliphatic heterocycles. The number of hydrogen-bond donors (Lipinski definition) is 1. The maximum Gasteiger partial charge on any atom is 0.147 e. The van der Waals surface area contributed by atoms with Gasteiger partial charge in [0.1, 0.15) is 5.82 Å². The molecule has 1 saturated heterocycles. The van der Waals surface area contributed by atoms with Crippen molar-refractivity contribution in [3.05, 3.63) is 17.3 Å². The first kappa shape index (κ1) is 13.4. The third-order valence-corrected chi connectivity index (χ3v) is 3.21. The lowest BCUT2D eigenvalue weighted by atomic mass is 10.3. The second-order valence-corrected chi connectivity index (χ2v) is 4.70. The van der Waals surface area contributed by atoms with Crippen molar-refractivity contribution in [2.75, 3.05) is 44.0 Å². The SMILES string of the molecule is COCCO[C@H]1CCN(c2ncc(N)cc2Cl)C1. The van der Waals surface area contributed by atoms with Crippen LogP contribution in [0.3, 0.4) is 0 Å². The zero-order valence-electron chi connectivity index (χ0n) is 10.4. The zero-order valence-corrected chi connectivity index (χ0v) is 11.2. The van der Waals surface area contributed by atoms with E-state index in [1.807, 2.05) is 0 Å². The Balaban J connectivity index is 1.91. The summed E-state index contributed by atoms with van der Waals surface area (Å²) in [7, 11) is 1.67. The fraction of sp³-hybridized carbons (Fsp3) is 0.583. The van der Waals surface area contributed by atoms with Gasteiger partial charge in [0.25, 0.3) is 0 Å². The Morgan fingerprint density at radius 2 is 2.39 bits per heavy atom. The van der Waals surface area contributed by atoms with Crippen LogP contribution in [-0.4, -0.2) is 44.5 Å². The number of nitrogens with zero attached hydrogens (tertiary/aromatic N) is 2. The predicted octanol–water partition coefficient (Wildman–Crippen LogP) is 1.56. The van der Waals surface area contributed by atoms with Crippen LogP contribution in [0.5, 0.6) is 0 Å². The molecule has 1 aliphatic rings.